The molecule has 0 atom stereocenters. The first kappa shape index (κ1) is 16.9. The number of hydrogen-bond donors (Lipinski definition) is 2. The first-order valence-electron chi connectivity index (χ1n) is 7.62. The molecule has 0 bridgehead atoms. The van der Waals surface area contributed by atoms with E-state index in [1.807, 2.05) is 32.4 Å². The van der Waals surface area contributed by atoms with Crippen LogP contribution < -0.4 is 10.6 Å². The van der Waals surface area contributed by atoms with Gasteiger partial charge in [-0.15, -0.1) is 0 Å². The van der Waals surface area contributed by atoms with Gasteiger partial charge in [-0.05, 0) is 27.2 Å². The zero-order valence-corrected chi connectivity index (χ0v) is 14.5. The average Bonchev–Trinajstić information content (AvgIpc) is 3.00. The van der Waals surface area contributed by atoms with E-state index in [2.05, 4.69) is 15.7 Å². The number of nitrogens with one attached hydrogen (secondary N) is 2. The lowest BCUT2D eigenvalue weighted by atomic mass is 10.1. The Morgan fingerprint density at radius 2 is 2.00 bits per heavy atom. The number of rotatable bonds is 4. The Morgan fingerprint density at radius 3 is 2.64 bits per heavy atom. The van der Waals surface area contributed by atoms with Crippen molar-refractivity contribution < 1.29 is 9.59 Å². The average molecular weight is 324 g/mol. The summed E-state index contributed by atoms with van der Waals surface area (Å²) in [5.74, 6) is 1.11. The quantitative estimate of drug-likeness (QED) is 0.658. The van der Waals surface area contributed by atoms with Gasteiger partial charge in [0.25, 0.3) is 0 Å². The monoisotopic (exact) mass is 324 g/mol. The van der Waals surface area contributed by atoms with Crippen molar-refractivity contribution in [3.63, 3.8) is 0 Å². The maximum atomic E-state index is 12.1. The molecular formula is C15H24N4O2S. The van der Waals surface area contributed by atoms with Crippen LogP contribution >= 0.6 is 11.8 Å². The second-order valence-electron chi connectivity index (χ2n) is 6.41. The molecule has 2 N–H and O–H groups in total. The number of carbonyl (C=O) groups is 2. The van der Waals surface area contributed by atoms with Crippen molar-refractivity contribution in [3.05, 3.63) is 11.3 Å². The third kappa shape index (κ3) is 3.63. The molecule has 2 amide bonds. The normalized spacial score (nSPS) is 13.8. The van der Waals surface area contributed by atoms with E-state index in [0.29, 0.717) is 12.4 Å². The van der Waals surface area contributed by atoms with Gasteiger partial charge in [0.05, 0.1) is 11.2 Å². The van der Waals surface area contributed by atoms with Gasteiger partial charge >= 0.3 is 11.8 Å². The number of unbranched alkanes of at least 4 members (excludes halogenated alkanes) is 1. The Morgan fingerprint density at radius 1 is 1.27 bits per heavy atom. The number of anilines is 1. The maximum Gasteiger partial charge on any atom is 0.314 e. The summed E-state index contributed by atoms with van der Waals surface area (Å²) >= 11 is 1.77. The molecular weight excluding hydrogens is 300 g/mol. The molecule has 0 unspecified atom stereocenters. The van der Waals surface area contributed by atoms with E-state index in [4.69, 9.17) is 0 Å². The van der Waals surface area contributed by atoms with E-state index in [-0.39, 0.29) is 5.54 Å². The molecule has 0 spiro atoms. The fourth-order valence-electron chi connectivity index (χ4n) is 2.25. The van der Waals surface area contributed by atoms with Crippen LogP contribution in [-0.2, 0) is 26.6 Å². The van der Waals surface area contributed by atoms with Crippen LogP contribution in [-0.4, -0.2) is 28.1 Å². The molecule has 0 aliphatic carbocycles. The number of hydrogen-bond acceptors (Lipinski definition) is 4. The highest BCUT2D eigenvalue weighted by atomic mass is 32.2. The number of fused-ring (bicyclic) bond motifs is 1. The van der Waals surface area contributed by atoms with Gasteiger partial charge in [0.15, 0.2) is 0 Å². The maximum absolute atomic E-state index is 12.1. The lowest BCUT2D eigenvalue weighted by Gasteiger charge is -2.23. The van der Waals surface area contributed by atoms with Crippen molar-refractivity contribution in [1.82, 2.24) is 15.1 Å². The van der Waals surface area contributed by atoms with E-state index in [1.54, 1.807) is 11.8 Å². The highest BCUT2D eigenvalue weighted by Crippen LogP contribution is 2.37. The van der Waals surface area contributed by atoms with Crippen molar-refractivity contribution in [1.29, 1.82) is 0 Å². The zero-order chi connectivity index (χ0) is 16.3. The van der Waals surface area contributed by atoms with Gasteiger partial charge in [-0.3, -0.25) is 9.59 Å². The molecule has 2 heterocycles. The van der Waals surface area contributed by atoms with Crippen LogP contribution in [0.1, 0.15) is 51.8 Å². The fourth-order valence-corrected chi connectivity index (χ4v) is 3.28. The molecule has 122 valence electrons. The Bertz CT molecular complexity index is 575. The van der Waals surface area contributed by atoms with Crippen molar-refractivity contribution in [3.8, 4) is 0 Å². The summed E-state index contributed by atoms with van der Waals surface area (Å²) in [4.78, 5) is 24.0. The summed E-state index contributed by atoms with van der Waals surface area (Å²) in [6.45, 7) is 8.64. The van der Waals surface area contributed by atoms with Crippen molar-refractivity contribution in [2.75, 3.05) is 11.9 Å². The molecule has 0 aromatic carbocycles. The molecule has 0 saturated heterocycles. The molecule has 0 fully saturated rings. The van der Waals surface area contributed by atoms with E-state index >= 15 is 0 Å². The Balaban J connectivity index is 2.15. The second-order valence-corrected chi connectivity index (χ2v) is 7.40. The largest absolute Gasteiger partial charge is 0.348 e. The van der Waals surface area contributed by atoms with Crippen LogP contribution in [0, 0.1) is 0 Å². The number of nitrogens with zero attached hydrogens (tertiary/aromatic N) is 2. The van der Waals surface area contributed by atoms with Gasteiger partial charge in [-0.1, -0.05) is 13.3 Å². The molecule has 6 nitrogen and oxygen atoms in total. The minimum absolute atomic E-state index is 0.254. The van der Waals surface area contributed by atoms with Gasteiger partial charge in [0.1, 0.15) is 5.82 Å². The molecule has 1 aliphatic heterocycles. The minimum atomic E-state index is -0.624. The van der Waals surface area contributed by atoms with Crippen molar-refractivity contribution >= 4 is 29.4 Å². The van der Waals surface area contributed by atoms with Crippen LogP contribution in [0.2, 0.25) is 0 Å². The van der Waals surface area contributed by atoms with Crippen LogP contribution in [0.4, 0.5) is 5.82 Å². The van der Waals surface area contributed by atoms with Crippen molar-refractivity contribution in [2.45, 2.75) is 57.6 Å². The summed E-state index contributed by atoms with van der Waals surface area (Å²) in [6, 6.07) is 0. The van der Waals surface area contributed by atoms with Gasteiger partial charge in [-0.25, -0.2) is 4.68 Å². The molecule has 22 heavy (non-hydrogen) atoms. The molecule has 1 aliphatic rings. The third-order valence-corrected chi connectivity index (χ3v) is 4.41. The van der Waals surface area contributed by atoms with Crippen LogP contribution in [0.3, 0.4) is 0 Å². The van der Waals surface area contributed by atoms with Gasteiger partial charge in [0.2, 0.25) is 0 Å². The second kappa shape index (κ2) is 6.73. The summed E-state index contributed by atoms with van der Waals surface area (Å²) in [6.07, 6.45) is 1.84. The Labute approximate surface area is 135 Å². The lowest BCUT2D eigenvalue weighted by Crippen LogP contribution is -2.37. The molecule has 7 heteroatoms. The van der Waals surface area contributed by atoms with E-state index in [0.717, 1.165) is 35.6 Å². The first-order chi connectivity index (χ1) is 10.3. The van der Waals surface area contributed by atoms with Gasteiger partial charge in [-0.2, -0.15) is 16.9 Å². The van der Waals surface area contributed by atoms with Crippen LogP contribution in [0.25, 0.3) is 0 Å². The summed E-state index contributed by atoms with van der Waals surface area (Å²) in [7, 11) is 0. The van der Waals surface area contributed by atoms with Crippen molar-refractivity contribution in [2.24, 2.45) is 0 Å². The number of aromatic nitrogens is 2. The SMILES string of the molecule is CCCCNC(=O)C(=O)Nc1c2c(nn1C(C)(C)C)CSC2. The van der Waals surface area contributed by atoms with Gasteiger partial charge in [0, 0.05) is 23.6 Å². The number of carbonyl (C=O) groups excluding carboxylic acids is 2. The Hall–Kier alpha value is -1.50. The third-order valence-electron chi connectivity index (χ3n) is 3.44. The number of amides is 2. The molecule has 0 radical (unpaired) electrons. The van der Waals surface area contributed by atoms with E-state index < -0.39 is 11.8 Å². The highest BCUT2D eigenvalue weighted by molar-refractivity contribution is 7.98. The number of thioether (sulfide) groups is 1. The molecule has 1 aromatic heterocycles. The predicted octanol–water partition coefficient (Wildman–Crippen LogP) is 2.24. The molecule has 0 saturated carbocycles. The predicted molar refractivity (Wildman–Crippen MR) is 88.8 cm³/mol. The summed E-state index contributed by atoms with van der Waals surface area (Å²) in [5.41, 5.74) is 1.78. The van der Waals surface area contributed by atoms with E-state index in [9.17, 15) is 9.59 Å². The minimum Gasteiger partial charge on any atom is -0.348 e. The standard InChI is InChI=1S/C15H24N4O2S/c1-5-6-7-16-13(20)14(21)17-12-10-8-22-9-11(10)18-19(12)15(2,3)4/h5-9H2,1-4H3,(H,16,20)(H,17,21). The summed E-state index contributed by atoms with van der Waals surface area (Å²) < 4.78 is 1.81. The zero-order valence-electron chi connectivity index (χ0n) is 13.7. The topological polar surface area (TPSA) is 76.0 Å². The lowest BCUT2D eigenvalue weighted by molar-refractivity contribution is -0.136. The first-order valence-corrected chi connectivity index (χ1v) is 8.78. The Kier molecular flexibility index (Phi) is 5.16. The molecule has 2 rings (SSSR count). The fraction of sp³-hybridized carbons (Fsp3) is 0.667. The van der Waals surface area contributed by atoms with Crippen LogP contribution in [0.15, 0.2) is 0 Å². The summed E-state index contributed by atoms with van der Waals surface area (Å²) in [5, 5.41) is 10.00. The van der Waals surface area contributed by atoms with E-state index in [1.165, 1.54) is 0 Å². The highest BCUT2D eigenvalue weighted by Gasteiger charge is 2.29. The molecule has 1 aromatic rings. The van der Waals surface area contributed by atoms with Gasteiger partial charge < -0.3 is 10.6 Å². The van der Waals surface area contributed by atoms with Crippen LogP contribution in [0.5, 0.6) is 0 Å². The smallest absolute Gasteiger partial charge is 0.314 e.